The molecule has 0 radical (unpaired) electrons. The monoisotopic (exact) mass is 438 g/mol. The number of rotatable bonds is 8. The van der Waals surface area contributed by atoms with Crippen LogP contribution in [0.5, 0.6) is 5.75 Å². The standard InChI is InChI=1S/C24H23FN2O3S/c1-2-30-19-11-13-20(14-12-19)31(28,29)27-16-22(17-7-9-18(25)10-8-17)23-15-26-24-6-4-3-5-21(23)24/h3-15,22,26-27H,2,16H2,1H3/t22-/m0/s1. The second-order valence-corrected chi connectivity index (χ2v) is 8.92. The van der Waals surface area contributed by atoms with E-state index in [0.717, 1.165) is 22.0 Å². The molecule has 0 amide bonds. The summed E-state index contributed by atoms with van der Waals surface area (Å²) in [4.78, 5) is 3.39. The number of aromatic amines is 1. The van der Waals surface area contributed by atoms with Gasteiger partial charge in [-0.15, -0.1) is 0 Å². The first kappa shape index (κ1) is 21.1. The average molecular weight is 439 g/mol. The Labute approximate surface area is 180 Å². The zero-order valence-electron chi connectivity index (χ0n) is 17.0. The van der Waals surface area contributed by atoms with Gasteiger partial charge >= 0.3 is 0 Å². The van der Waals surface area contributed by atoms with E-state index in [2.05, 4.69) is 9.71 Å². The molecular weight excluding hydrogens is 415 g/mol. The number of sulfonamides is 1. The average Bonchev–Trinajstić information content (AvgIpc) is 3.20. The van der Waals surface area contributed by atoms with Crippen molar-refractivity contribution in [3.05, 3.63) is 95.9 Å². The Morgan fingerprint density at radius 1 is 1.00 bits per heavy atom. The summed E-state index contributed by atoms with van der Waals surface area (Å²) in [6.07, 6.45) is 1.88. The number of hydrogen-bond acceptors (Lipinski definition) is 3. The van der Waals surface area contributed by atoms with Gasteiger partial charge in [0.15, 0.2) is 0 Å². The smallest absolute Gasteiger partial charge is 0.240 e. The molecule has 0 saturated heterocycles. The van der Waals surface area contributed by atoms with Crippen molar-refractivity contribution in [1.29, 1.82) is 0 Å². The molecular formula is C24H23FN2O3S. The van der Waals surface area contributed by atoms with Gasteiger partial charge in [-0.1, -0.05) is 30.3 Å². The highest BCUT2D eigenvalue weighted by atomic mass is 32.2. The Morgan fingerprint density at radius 3 is 2.42 bits per heavy atom. The van der Waals surface area contributed by atoms with Gasteiger partial charge in [0.05, 0.1) is 11.5 Å². The van der Waals surface area contributed by atoms with Gasteiger partial charge in [-0.25, -0.2) is 17.5 Å². The number of benzene rings is 3. The van der Waals surface area contributed by atoms with Gasteiger partial charge in [0.1, 0.15) is 11.6 Å². The summed E-state index contributed by atoms with van der Waals surface area (Å²) in [7, 11) is -3.74. The van der Waals surface area contributed by atoms with E-state index in [1.807, 2.05) is 37.4 Å². The summed E-state index contributed by atoms with van der Waals surface area (Å²) in [5.41, 5.74) is 2.72. The number of nitrogens with one attached hydrogen (secondary N) is 2. The normalized spacial score (nSPS) is 12.7. The van der Waals surface area contributed by atoms with Crippen LogP contribution in [0.2, 0.25) is 0 Å². The van der Waals surface area contributed by atoms with Crippen LogP contribution in [0, 0.1) is 5.82 Å². The molecule has 1 heterocycles. The minimum absolute atomic E-state index is 0.128. The van der Waals surface area contributed by atoms with Gasteiger partial charge in [-0.3, -0.25) is 0 Å². The highest BCUT2D eigenvalue weighted by Crippen LogP contribution is 2.31. The first-order valence-electron chi connectivity index (χ1n) is 10.0. The lowest BCUT2D eigenvalue weighted by atomic mass is 9.91. The fraction of sp³-hybridized carbons (Fsp3) is 0.167. The molecule has 1 aromatic heterocycles. The first-order chi connectivity index (χ1) is 15.0. The molecule has 0 fully saturated rings. The molecule has 160 valence electrons. The first-order valence-corrected chi connectivity index (χ1v) is 11.5. The second-order valence-electron chi connectivity index (χ2n) is 7.15. The van der Waals surface area contributed by atoms with E-state index in [0.29, 0.717) is 12.4 Å². The van der Waals surface area contributed by atoms with Crippen LogP contribution in [0.1, 0.15) is 24.0 Å². The Bertz CT molecular complexity index is 1270. The molecule has 2 N–H and O–H groups in total. The van der Waals surface area contributed by atoms with Crippen molar-refractivity contribution in [2.45, 2.75) is 17.7 Å². The van der Waals surface area contributed by atoms with Crippen LogP contribution in [0.3, 0.4) is 0 Å². The van der Waals surface area contributed by atoms with Crippen LogP contribution in [-0.2, 0) is 10.0 Å². The van der Waals surface area contributed by atoms with E-state index in [-0.39, 0.29) is 23.2 Å². The molecule has 0 aliphatic rings. The highest BCUT2D eigenvalue weighted by molar-refractivity contribution is 7.89. The SMILES string of the molecule is CCOc1ccc(S(=O)(=O)NC[C@@H](c2ccc(F)cc2)c2c[nH]c3ccccc23)cc1. The molecule has 5 nitrogen and oxygen atoms in total. The van der Waals surface area contributed by atoms with Crippen molar-refractivity contribution >= 4 is 20.9 Å². The topological polar surface area (TPSA) is 71.2 Å². The molecule has 1 atom stereocenters. The number of ether oxygens (including phenoxy) is 1. The largest absolute Gasteiger partial charge is 0.494 e. The highest BCUT2D eigenvalue weighted by Gasteiger charge is 2.22. The fourth-order valence-electron chi connectivity index (χ4n) is 3.64. The summed E-state index contributed by atoms with van der Waals surface area (Å²) in [5, 5.41) is 0.997. The summed E-state index contributed by atoms with van der Waals surface area (Å²) >= 11 is 0. The van der Waals surface area contributed by atoms with Crippen LogP contribution in [0.15, 0.2) is 83.9 Å². The van der Waals surface area contributed by atoms with Gasteiger partial charge in [0.2, 0.25) is 10.0 Å². The molecule has 0 bridgehead atoms. The Hall–Kier alpha value is -3.16. The molecule has 0 saturated carbocycles. The lowest BCUT2D eigenvalue weighted by Gasteiger charge is -2.18. The maximum atomic E-state index is 13.5. The zero-order valence-corrected chi connectivity index (χ0v) is 17.8. The third-order valence-corrected chi connectivity index (χ3v) is 6.63. The Morgan fingerprint density at radius 2 is 1.71 bits per heavy atom. The van der Waals surface area contributed by atoms with Crippen molar-refractivity contribution in [2.24, 2.45) is 0 Å². The van der Waals surface area contributed by atoms with Crippen molar-refractivity contribution in [1.82, 2.24) is 9.71 Å². The summed E-state index contributed by atoms with van der Waals surface area (Å²) < 4.78 is 47.4. The maximum absolute atomic E-state index is 13.5. The minimum Gasteiger partial charge on any atom is -0.494 e. The Kier molecular flexibility index (Phi) is 6.06. The number of fused-ring (bicyclic) bond motifs is 1. The second kappa shape index (κ2) is 8.91. The van der Waals surface area contributed by atoms with E-state index >= 15 is 0 Å². The van der Waals surface area contributed by atoms with Gasteiger partial charge in [0.25, 0.3) is 0 Å². The van der Waals surface area contributed by atoms with Crippen molar-refractivity contribution < 1.29 is 17.5 Å². The summed E-state index contributed by atoms with van der Waals surface area (Å²) in [5.74, 6) is -0.0185. The molecule has 3 aromatic carbocycles. The van der Waals surface area contributed by atoms with Crippen LogP contribution in [-0.4, -0.2) is 26.6 Å². The number of H-pyrrole nitrogens is 1. The van der Waals surface area contributed by atoms with Crippen molar-refractivity contribution in [2.75, 3.05) is 13.2 Å². The van der Waals surface area contributed by atoms with E-state index in [1.54, 1.807) is 24.3 Å². The predicted octanol–water partition coefficient (Wildman–Crippen LogP) is 4.82. The number of aromatic nitrogens is 1. The summed E-state index contributed by atoms with van der Waals surface area (Å²) in [6.45, 7) is 2.50. The molecule has 4 rings (SSSR count). The Balaban J connectivity index is 1.64. The van der Waals surface area contributed by atoms with E-state index in [4.69, 9.17) is 4.74 Å². The lowest BCUT2D eigenvalue weighted by Crippen LogP contribution is -2.29. The van der Waals surface area contributed by atoms with Crippen molar-refractivity contribution in [3.8, 4) is 5.75 Å². The van der Waals surface area contributed by atoms with Crippen LogP contribution in [0.4, 0.5) is 4.39 Å². The van der Waals surface area contributed by atoms with Crippen LogP contribution >= 0.6 is 0 Å². The van der Waals surface area contributed by atoms with E-state index < -0.39 is 10.0 Å². The number of hydrogen-bond donors (Lipinski definition) is 2. The lowest BCUT2D eigenvalue weighted by molar-refractivity contribution is 0.340. The van der Waals surface area contributed by atoms with Crippen molar-refractivity contribution in [3.63, 3.8) is 0 Å². The predicted molar refractivity (Wildman–Crippen MR) is 119 cm³/mol. The minimum atomic E-state index is -3.74. The molecule has 31 heavy (non-hydrogen) atoms. The number of para-hydroxylation sites is 1. The third kappa shape index (κ3) is 4.62. The molecule has 0 spiro atoms. The molecule has 0 aliphatic carbocycles. The number of halogens is 1. The maximum Gasteiger partial charge on any atom is 0.240 e. The van der Waals surface area contributed by atoms with Crippen LogP contribution in [0.25, 0.3) is 10.9 Å². The van der Waals surface area contributed by atoms with Gasteiger partial charge in [-0.05, 0) is 60.5 Å². The molecule has 7 heteroatoms. The molecule has 0 unspecified atom stereocenters. The van der Waals surface area contributed by atoms with E-state index in [9.17, 15) is 12.8 Å². The van der Waals surface area contributed by atoms with Gasteiger partial charge in [0, 0.05) is 29.6 Å². The van der Waals surface area contributed by atoms with Gasteiger partial charge < -0.3 is 9.72 Å². The van der Waals surface area contributed by atoms with Crippen LogP contribution < -0.4 is 9.46 Å². The summed E-state index contributed by atoms with van der Waals surface area (Å²) in [6, 6.07) is 20.3. The zero-order chi connectivity index (χ0) is 21.8. The van der Waals surface area contributed by atoms with Gasteiger partial charge in [-0.2, -0.15) is 0 Å². The fourth-order valence-corrected chi connectivity index (χ4v) is 4.69. The van der Waals surface area contributed by atoms with E-state index in [1.165, 1.54) is 24.3 Å². The molecule has 0 aliphatic heterocycles. The third-order valence-electron chi connectivity index (χ3n) is 5.19. The quantitative estimate of drug-likeness (QED) is 0.414. The molecule has 4 aromatic rings.